The second-order valence-corrected chi connectivity index (χ2v) is 4.37. The first-order chi connectivity index (χ1) is 8.08. The van der Waals surface area contributed by atoms with E-state index in [1.54, 1.807) is 13.8 Å². The second kappa shape index (κ2) is 6.06. The van der Waals surface area contributed by atoms with Crippen LogP contribution in [0.4, 0.5) is 5.82 Å². The van der Waals surface area contributed by atoms with Gasteiger partial charge in [-0.2, -0.15) is 5.26 Å². The van der Waals surface area contributed by atoms with E-state index in [2.05, 4.69) is 9.97 Å². The average molecular weight is 252 g/mol. The first kappa shape index (κ1) is 13.3. The number of hydrogen-bond acceptors (Lipinski definition) is 7. The number of rotatable bonds is 4. The molecule has 1 aromatic heterocycles. The average Bonchev–Trinajstić information content (AvgIpc) is 2.29. The summed E-state index contributed by atoms with van der Waals surface area (Å²) >= 11 is 1.18. The fraction of sp³-hybridized carbons (Fsp3) is 0.400. The number of nitrogens with zero attached hydrogens (tertiary/aromatic N) is 3. The van der Waals surface area contributed by atoms with Gasteiger partial charge in [0.1, 0.15) is 11.4 Å². The number of carbonyl (C=O) groups excluding carboxylic acids is 1. The molecule has 0 saturated heterocycles. The van der Waals surface area contributed by atoms with Crippen LogP contribution < -0.4 is 5.73 Å². The van der Waals surface area contributed by atoms with Gasteiger partial charge >= 0.3 is 5.97 Å². The Hall–Kier alpha value is -1.81. The van der Waals surface area contributed by atoms with Gasteiger partial charge in [0.05, 0.1) is 17.9 Å². The Morgan fingerprint density at radius 3 is 3.00 bits per heavy atom. The van der Waals surface area contributed by atoms with E-state index in [9.17, 15) is 4.79 Å². The van der Waals surface area contributed by atoms with Crippen LogP contribution in [0, 0.1) is 11.3 Å². The van der Waals surface area contributed by atoms with Crippen molar-refractivity contribution in [2.24, 2.45) is 0 Å². The van der Waals surface area contributed by atoms with Gasteiger partial charge in [-0.25, -0.2) is 14.8 Å². The first-order valence-electron chi connectivity index (χ1n) is 4.94. The van der Waals surface area contributed by atoms with Crippen LogP contribution in [0.15, 0.2) is 11.4 Å². The van der Waals surface area contributed by atoms with E-state index in [4.69, 9.17) is 15.7 Å². The largest absolute Gasteiger partial charge is 0.462 e. The van der Waals surface area contributed by atoms with Gasteiger partial charge in [-0.3, -0.25) is 0 Å². The molecule has 90 valence electrons. The van der Waals surface area contributed by atoms with E-state index in [-0.39, 0.29) is 23.2 Å². The van der Waals surface area contributed by atoms with Crippen LogP contribution in [0.5, 0.6) is 0 Å². The molecule has 0 amide bonds. The third kappa shape index (κ3) is 3.60. The number of hydrogen-bond donors (Lipinski definition) is 1. The van der Waals surface area contributed by atoms with Gasteiger partial charge in [0.15, 0.2) is 5.16 Å². The number of carbonyl (C=O) groups is 1. The van der Waals surface area contributed by atoms with E-state index < -0.39 is 5.97 Å². The molecule has 1 atom stereocenters. The predicted octanol–water partition coefficient (Wildman–Crippen LogP) is 1.24. The van der Waals surface area contributed by atoms with Crippen molar-refractivity contribution < 1.29 is 9.53 Å². The molecule has 1 rings (SSSR count). The molecule has 1 aromatic rings. The standard InChI is InChI=1S/C10H12N4O2S/c1-3-16-9(15)7-5-13-10(14-8(7)12)17-6(2)4-11/h5-6H,3H2,1-2H3,(H2,12,13,14). The van der Waals surface area contributed by atoms with E-state index >= 15 is 0 Å². The molecule has 0 bridgehead atoms. The Kier molecular flexibility index (Phi) is 4.72. The molecule has 0 spiro atoms. The lowest BCUT2D eigenvalue weighted by Crippen LogP contribution is -2.11. The molecule has 7 heteroatoms. The molecule has 0 aliphatic carbocycles. The van der Waals surface area contributed by atoms with Gasteiger partial charge < -0.3 is 10.5 Å². The van der Waals surface area contributed by atoms with Crippen molar-refractivity contribution in [2.75, 3.05) is 12.3 Å². The van der Waals surface area contributed by atoms with E-state index in [1.165, 1.54) is 18.0 Å². The molecule has 0 aliphatic heterocycles. The van der Waals surface area contributed by atoms with Crippen LogP contribution in [0.1, 0.15) is 24.2 Å². The highest BCUT2D eigenvalue weighted by molar-refractivity contribution is 8.00. The van der Waals surface area contributed by atoms with Gasteiger partial charge in [-0.05, 0) is 13.8 Å². The summed E-state index contributed by atoms with van der Waals surface area (Å²) in [5, 5.41) is 8.74. The smallest absolute Gasteiger partial charge is 0.343 e. The number of ether oxygens (including phenoxy) is 1. The monoisotopic (exact) mass is 252 g/mol. The molecule has 0 saturated carbocycles. The Balaban J connectivity index is 2.87. The predicted molar refractivity (Wildman–Crippen MR) is 63.3 cm³/mol. The van der Waals surface area contributed by atoms with Crippen LogP contribution in [0.2, 0.25) is 0 Å². The molecule has 0 aliphatic rings. The van der Waals surface area contributed by atoms with Crippen molar-refractivity contribution in [3.05, 3.63) is 11.8 Å². The lowest BCUT2D eigenvalue weighted by Gasteiger charge is -2.06. The van der Waals surface area contributed by atoms with Gasteiger partial charge in [0.2, 0.25) is 0 Å². The molecule has 2 N–H and O–H groups in total. The van der Waals surface area contributed by atoms with Crippen molar-refractivity contribution >= 4 is 23.5 Å². The number of nitrogen functional groups attached to an aromatic ring is 1. The van der Waals surface area contributed by atoms with Crippen LogP contribution >= 0.6 is 11.8 Å². The number of aromatic nitrogens is 2. The van der Waals surface area contributed by atoms with Gasteiger partial charge in [-0.1, -0.05) is 11.8 Å². The minimum absolute atomic E-state index is 0.0612. The van der Waals surface area contributed by atoms with Crippen molar-refractivity contribution in [3.8, 4) is 6.07 Å². The Morgan fingerprint density at radius 2 is 2.47 bits per heavy atom. The minimum atomic E-state index is -0.546. The third-order valence-corrected chi connectivity index (χ3v) is 2.62. The van der Waals surface area contributed by atoms with Crippen LogP contribution in [0.25, 0.3) is 0 Å². The Labute approximate surface area is 103 Å². The molecule has 17 heavy (non-hydrogen) atoms. The highest BCUT2D eigenvalue weighted by Gasteiger charge is 2.14. The van der Waals surface area contributed by atoms with Crippen molar-refractivity contribution in [1.29, 1.82) is 5.26 Å². The summed E-state index contributed by atoms with van der Waals surface area (Å²) in [4.78, 5) is 19.3. The van der Waals surface area contributed by atoms with E-state index in [0.717, 1.165) is 0 Å². The van der Waals surface area contributed by atoms with Crippen LogP contribution in [-0.2, 0) is 4.74 Å². The quantitative estimate of drug-likeness (QED) is 0.488. The minimum Gasteiger partial charge on any atom is -0.462 e. The number of thioether (sulfide) groups is 1. The van der Waals surface area contributed by atoms with Gasteiger partial charge in [0.25, 0.3) is 0 Å². The SMILES string of the molecule is CCOC(=O)c1cnc(SC(C)C#N)nc1N. The maximum absolute atomic E-state index is 11.4. The van der Waals surface area contributed by atoms with E-state index in [0.29, 0.717) is 5.16 Å². The molecule has 6 nitrogen and oxygen atoms in total. The number of nitriles is 1. The molecule has 0 aromatic carbocycles. The highest BCUT2D eigenvalue weighted by Crippen LogP contribution is 2.20. The van der Waals surface area contributed by atoms with Crippen LogP contribution in [-0.4, -0.2) is 27.8 Å². The summed E-state index contributed by atoms with van der Waals surface area (Å²) in [6, 6.07) is 2.04. The van der Waals surface area contributed by atoms with E-state index in [1.807, 2.05) is 6.07 Å². The number of nitrogens with two attached hydrogens (primary N) is 1. The summed E-state index contributed by atoms with van der Waals surface area (Å²) < 4.78 is 4.79. The summed E-state index contributed by atoms with van der Waals surface area (Å²) in [5.41, 5.74) is 5.76. The maximum Gasteiger partial charge on any atom is 0.343 e. The zero-order chi connectivity index (χ0) is 12.8. The second-order valence-electron chi connectivity index (χ2n) is 3.06. The first-order valence-corrected chi connectivity index (χ1v) is 5.82. The van der Waals surface area contributed by atoms with Gasteiger partial charge in [-0.15, -0.1) is 0 Å². The molecule has 1 unspecified atom stereocenters. The fourth-order valence-corrected chi connectivity index (χ4v) is 1.62. The summed E-state index contributed by atoms with van der Waals surface area (Å²) in [6.07, 6.45) is 1.31. The highest BCUT2D eigenvalue weighted by atomic mass is 32.2. The summed E-state index contributed by atoms with van der Waals surface area (Å²) in [5.74, 6) is -0.485. The molecule has 0 fully saturated rings. The fourth-order valence-electron chi connectivity index (χ4n) is 0.985. The van der Waals surface area contributed by atoms with Gasteiger partial charge in [0, 0.05) is 6.20 Å². The number of esters is 1. The molecule has 0 radical (unpaired) electrons. The van der Waals surface area contributed by atoms with Crippen LogP contribution in [0.3, 0.4) is 0 Å². The lowest BCUT2D eigenvalue weighted by atomic mass is 10.3. The zero-order valence-electron chi connectivity index (χ0n) is 9.51. The molecular formula is C10H12N4O2S. The normalized spacial score (nSPS) is 11.6. The lowest BCUT2D eigenvalue weighted by molar-refractivity contribution is 0.0526. The summed E-state index contributed by atoms with van der Waals surface area (Å²) in [6.45, 7) is 3.69. The summed E-state index contributed by atoms with van der Waals surface area (Å²) in [7, 11) is 0. The third-order valence-electron chi connectivity index (χ3n) is 1.76. The Morgan fingerprint density at radius 1 is 1.76 bits per heavy atom. The zero-order valence-corrected chi connectivity index (χ0v) is 10.3. The molecular weight excluding hydrogens is 240 g/mol. The Bertz CT molecular complexity index is 458. The van der Waals surface area contributed by atoms with Crippen molar-refractivity contribution in [3.63, 3.8) is 0 Å². The topological polar surface area (TPSA) is 102 Å². The number of anilines is 1. The maximum atomic E-state index is 11.4. The van der Waals surface area contributed by atoms with Crippen molar-refractivity contribution in [2.45, 2.75) is 24.3 Å². The molecule has 1 heterocycles. The van der Waals surface area contributed by atoms with Crippen molar-refractivity contribution in [1.82, 2.24) is 9.97 Å².